The fourth-order valence-electron chi connectivity index (χ4n) is 3.34. The van der Waals surface area contributed by atoms with Crippen molar-refractivity contribution in [2.24, 2.45) is 0 Å². The molecule has 0 atom stereocenters. The molecular weight excluding hydrogens is 418 g/mol. The van der Waals surface area contributed by atoms with Crippen molar-refractivity contribution in [2.75, 3.05) is 19.0 Å². The molecule has 0 unspecified atom stereocenters. The molecule has 0 spiro atoms. The smallest absolute Gasteiger partial charge is 0.321 e. The predicted octanol–water partition coefficient (Wildman–Crippen LogP) is 5.77. The molecule has 0 aliphatic carbocycles. The number of carbonyl (C=O) groups excluding carboxylic acids is 1. The molecule has 32 heavy (non-hydrogen) atoms. The summed E-state index contributed by atoms with van der Waals surface area (Å²) in [4.78, 5) is 16.7. The van der Waals surface area contributed by atoms with Gasteiger partial charge in [-0.15, -0.1) is 11.3 Å². The maximum atomic E-state index is 12.2. The zero-order valence-electron chi connectivity index (χ0n) is 17.9. The second-order valence-electron chi connectivity index (χ2n) is 7.38. The molecule has 0 saturated heterocycles. The number of urea groups is 1. The molecule has 0 aliphatic rings. The Morgan fingerprint density at radius 3 is 2.31 bits per heavy atom. The highest BCUT2D eigenvalue weighted by Gasteiger charge is 2.08. The first-order valence-corrected chi connectivity index (χ1v) is 11.3. The van der Waals surface area contributed by atoms with Crippen LogP contribution < -0.4 is 15.4 Å². The van der Waals surface area contributed by atoms with Gasteiger partial charge in [-0.3, -0.25) is 5.32 Å². The quantitative estimate of drug-likeness (QED) is 0.363. The molecule has 3 aromatic carbocycles. The fraction of sp³-hybridized carbons (Fsp3) is 0.154. The Labute approximate surface area is 192 Å². The molecule has 0 bridgehead atoms. The number of carbonyl (C=O) groups is 1. The van der Waals surface area contributed by atoms with Gasteiger partial charge in [-0.1, -0.05) is 66.7 Å². The monoisotopic (exact) mass is 443 g/mol. The summed E-state index contributed by atoms with van der Waals surface area (Å²) in [6.45, 7) is 0.541. The van der Waals surface area contributed by atoms with E-state index in [0.29, 0.717) is 11.7 Å². The molecule has 0 saturated carbocycles. The summed E-state index contributed by atoms with van der Waals surface area (Å²) >= 11 is 1.42. The first kappa shape index (κ1) is 21.6. The van der Waals surface area contributed by atoms with E-state index >= 15 is 0 Å². The number of ether oxygens (including phenoxy) is 1. The van der Waals surface area contributed by atoms with Crippen LogP contribution in [0.2, 0.25) is 0 Å². The third-order valence-corrected chi connectivity index (χ3v) is 5.84. The lowest BCUT2D eigenvalue weighted by Gasteiger charge is -2.06. The van der Waals surface area contributed by atoms with Crippen LogP contribution in [-0.2, 0) is 12.8 Å². The minimum absolute atomic E-state index is 0.252. The number of rotatable bonds is 8. The second kappa shape index (κ2) is 10.6. The van der Waals surface area contributed by atoms with Crippen molar-refractivity contribution in [3.8, 4) is 17.0 Å². The molecule has 2 N–H and O–H groups in total. The van der Waals surface area contributed by atoms with Crippen molar-refractivity contribution in [3.05, 3.63) is 101 Å². The summed E-state index contributed by atoms with van der Waals surface area (Å²) in [5.74, 6) is 0.824. The molecule has 1 aromatic heterocycles. The molecule has 4 aromatic rings. The minimum Gasteiger partial charge on any atom is -0.497 e. The van der Waals surface area contributed by atoms with Gasteiger partial charge in [0.05, 0.1) is 12.8 Å². The van der Waals surface area contributed by atoms with E-state index in [4.69, 9.17) is 4.74 Å². The molecule has 0 aliphatic heterocycles. The summed E-state index contributed by atoms with van der Waals surface area (Å²) in [6, 6.07) is 26.4. The number of thiazole rings is 1. The Morgan fingerprint density at radius 2 is 1.59 bits per heavy atom. The number of hydrogen-bond donors (Lipinski definition) is 2. The van der Waals surface area contributed by atoms with Gasteiger partial charge in [0.2, 0.25) is 0 Å². The third kappa shape index (κ3) is 5.95. The highest BCUT2D eigenvalue weighted by Crippen LogP contribution is 2.25. The van der Waals surface area contributed by atoms with Crippen molar-refractivity contribution in [3.63, 3.8) is 0 Å². The van der Waals surface area contributed by atoms with E-state index in [1.165, 1.54) is 22.5 Å². The van der Waals surface area contributed by atoms with Gasteiger partial charge in [-0.2, -0.15) is 0 Å². The van der Waals surface area contributed by atoms with Crippen molar-refractivity contribution in [1.29, 1.82) is 0 Å². The Bertz CT molecular complexity index is 1140. The summed E-state index contributed by atoms with van der Waals surface area (Å²) in [5, 5.41) is 8.23. The molecule has 162 valence electrons. The van der Waals surface area contributed by atoms with E-state index < -0.39 is 0 Å². The highest BCUT2D eigenvalue weighted by atomic mass is 32.1. The maximum Gasteiger partial charge on any atom is 0.321 e. The van der Waals surface area contributed by atoms with Crippen LogP contribution in [0, 0.1) is 0 Å². The van der Waals surface area contributed by atoms with E-state index in [9.17, 15) is 4.79 Å². The lowest BCUT2D eigenvalue weighted by Crippen LogP contribution is -2.30. The van der Waals surface area contributed by atoms with Gasteiger partial charge in [0.25, 0.3) is 0 Å². The molecule has 4 rings (SSSR count). The average Bonchev–Trinajstić information content (AvgIpc) is 3.29. The fourth-order valence-corrected chi connectivity index (χ4v) is 4.06. The number of nitrogens with one attached hydrogen (secondary N) is 2. The maximum absolute atomic E-state index is 12.2. The van der Waals surface area contributed by atoms with E-state index in [0.717, 1.165) is 35.4 Å². The van der Waals surface area contributed by atoms with Gasteiger partial charge in [-0.05, 0) is 41.7 Å². The molecule has 1 heterocycles. The standard InChI is InChI=1S/C26H25N3O2S/c1-31-23-13-9-19(10-14-23)15-16-27-25(30)29-26-28-24(18-32-26)22-11-7-21(8-12-22)17-20-5-3-2-4-6-20/h2-14,18H,15-17H2,1H3,(H2,27,28,29,30). The number of anilines is 1. The van der Waals surface area contributed by atoms with Crippen LogP contribution in [0.25, 0.3) is 11.3 Å². The zero-order chi connectivity index (χ0) is 22.2. The van der Waals surface area contributed by atoms with Crippen molar-refractivity contribution < 1.29 is 9.53 Å². The van der Waals surface area contributed by atoms with Crippen LogP contribution >= 0.6 is 11.3 Å². The Kier molecular flexibility index (Phi) is 7.15. The van der Waals surface area contributed by atoms with E-state index in [2.05, 4.69) is 64.1 Å². The Morgan fingerprint density at radius 1 is 0.906 bits per heavy atom. The number of benzene rings is 3. The van der Waals surface area contributed by atoms with Crippen LogP contribution in [0.1, 0.15) is 16.7 Å². The van der Waals surface area contributed by atoms with Gasteiger partial charge < -0.3 is 10.1 Å². The molecular formula is C26H25N3O2S. The van der Waals surface area contributed by atoms with Crippen molar-refractivity contribution in [2.45, 2.75) is 12.8 Å². The molecule has 6 heteroatoms. The van der Waals surface area contributed by atoms with Crippen LogP contribution in [0.15, 0.2) is 84.2 Å². The SMILES string of the molecule is COc1ccc(CCNC(=O)Nc2nc(-c3ccc(Cc4ccccc4)cc3)cs2)cc1. The Balaban J connectivity index is 1.27. The average molecular weight is 444 g/mol. The summed E-state index contributed by atoms with van der Waals surface area (Å²) in [6.07, 6.45) is 1.65. The lowest BCUT2D eigenvalue weighted by atomic mass is 10.0. The third-order valence-electron chi connectivity index (χ3n) is 5.08. The number of nitrogens with zero attached hydrogens (tertiary/aromatic N) is 1. The van der Waals surface area contributed by atoms with Crippen molar-refractivity contribution >= 4 is 22.5 Å². The van der Waals surface area contributed by atoms with Gasteiger partial charge in [0, 0.05) is 17.5 Å². The molecule has 2 amide bonds. The highest BCUT2D eigenvalue weighted by molar-refractivity contribution is 7.14. The number of methoxy groups -OCH3 is 1. The second-order valence-corrected chi connectivity index (χ2v) is 8.23. The van der Waals surface area contributed by atoms with Crippen molar-refractivity contribution in [1.82, 2.24) is 10.3 Å². The minimum atomic E-state index is -0.252. The largest absolute Gasteiger partial charge is 0.497 e. The lowest BCUT2D eigenvalue weighted by molar-refractivity contribution is 0.252. The zero-order valence-corrected chi connectivity index (χ0v) is 18.7. The number of hydrogen-bond acceptors (Lipinski definition) is 4. The van der Waals surface area contributed by atoms with Crippen LogP contribution in [0.3, 0.4) is 0 Å². The topological polar surface area (TPSA) is 63.2 Å². The molecule has 0 fully saturated rings. The van der Waals surface area contributed by atoms with Gasteiger partial charge in [0.15, 0.2) is 5.13 Å². The first-order valence-electron chi connectivity index (χ1n) is 10.5. The van der Waals surface area contributed by atoms with Crippen LogP contribution in [-0.4, -0.2) is 24.7 Å². The Hall–Kier alpha value is -3.64. The molecule has 0 radical (unpaired) electrons. The first-order chi connectivity index (χ1) is 15.7. The van der Waals surface area contributed by atoms with Gasteiger partial charge in [0.1, 0.15) is 5.75 Å². The summed E-state index contributed by atoms with van der Waals surface area (Å²) < 4.78 is 5.16. The summed E-state index contributed by atoms with van der Waals surface area (Å²) in [5.41, 5.74) is 5.57. The van der Waals surface area contributed by atoms with E-state index in [1.54, 1.807) is 7.11 Å². The van der Waals surface area contributed by atoms with Gasteiger partial charge in [-0.25, -0.2) is 9.78 Å². The van der Waals surface area contributed by atoms with Crippen LogP contribution in [0.5, 0.6) is 5.75 Å². The predicted molar refractivity (Wildman–Crippen MR) is 131 cm³/mol. The van der Waals surface area contributed by atoms with Gasteiger partial charge >= 0.3 is 6.03 Å². The molecule has 5 nitrogen and oxygen atoms in total. The van der Waals surface area contributed by atoms with E-state index in [1.807, 2.05) is 35.7 Å². The number of amides is 2. The van der Waals surface area contributed by atoms with Crippen LogP contribution in [0.4, 0.5) is 9.93 Å². The van der Waals surface area contributed by atoms with E-state index in [-0.39, 0.29) is 6.03 Å². The summed E-state index contributed by atoms with van der Waals surface area (Å²) in [7, 11) is 1.64. The number of aromatic nitrogens is 1. The normalized spacial score (nSPS) is 10.5.